The zero-order chi connectivity index (χ0) is 12.0. The van der Waals surface area contributed by atoms with Crippen LogP contribution in [0.1, 0.15) is 66.2 Å². The van der Waals surface area contributed by atoms with Gasteiger partial charge in [0.1, 0.15) is 0 Å². The van der Waals surface area contributed by atoms with Crippen LogP contribution in [0.4, 0.5) is 0 Å². The van der Waals surface area contributed by atoms with Gasteiger partial charge in [0.05, 0.1) is 11.7 Å². The molecule has 0 amide bonds. The minimum absolute atomic E-state index is 0.138. The third kappa shape index (κ3) is 4.42. The van der Waals surface area contributed by atoms with Gasteiger partial charge in [0, 0.05) is 12.6 Å². The molecule has 2 nitrogen and oxygen atoms in total. The lowest BCUT2D eigenvalue weighted by Gasteiger charge is -2.33. The first kappa shape index (κ1) is 14.0. The van der Waals surface area contributed by atoms with Crippen molar-refractivity contribution in [2.75, 3.05) is 6.54 Å². The van der Waals surface area contributed by atoms with Crippen molar-refractivity contribution in [2.24, 2.45) is 0 Å². The molecule has 1 aliphatic carbocycles. The molecule has 1 aliphatic rings. The van der Waals surface area contributed by atoms with E-state index in [4.69, 9.17) is 4.74 Å². The number of rotatable bonds is 7. The summed E-state index contributed by atoms with van der Waals surface area (Å²) >= 11 is 0. The highest BCUT2D eigenvalue weighted by atomic mass is 16.5. The summed E-state index contributed by atoms with van der Waals surface area (Å²) in [6.07, 6.45) is 7.95. The molecule has 1 saturated carbocycles. The lowest BCUT2D eigenvalue weighted by atomic mass is 10.0. The summed E-state index contributed by atoms with van der Waals surface area (Å²) in [5.74, 6) is 0. The maximum Gasteiger partial charge on any atom is 0.0810 e. The van der Waals surface area contributed by atoms with Gasteiger partial charge in [-0.25, -0.2) is 0 Å². The Bertz CT molecular complexity index is 185. The Balaban J connectivity index is 2.44. The molecular formula is C14H29NO. The monoisotopic (exact) mass is 227 g/mol. The van der Waals surface area contributed by atoms with Gasteiger partial charge in [-0.05, 0) is 26.2 Å². The van der Waals surface area contributed by atoms with Crippen LogP contribution in [0.5, 0.6) is 0 Å². The first-order valence-corrected chi connectivity index (χ1v) is 6.99. The number of nitrogens with one attached hydrogen (secondary N) is 1. The summed E-state index contributed by atoms with van der Waals surface area (Å²) < 4.78 is 6.33. The lowest BCUT2D eigenvalue weighted by Crippen LogP contribution is -2.44. The van der Waals surface area contributed by atoms with Crippen LogP contribution in [0.25, 0.3) is 0 Å². The molecule has 0 radical (unpaired) electrons. The van der Waals surface area contributed by atoms with E-state index in [9.17, 15) is 0 Å². The van der Waals surface area contributed by atoms with Crippen molar-refractivity contribution in [3.63, 3.8) is 0 Å². The third-order valence-corrected chi connectivity index (χ3v) is 3.49. The first-order valence-electron chi connectivity index (χ1n) is 6.99. The van der Waals surface area contributed by atoms with Gasteiger partial charge >= 0.3 is 0 Å². The average Bonchev–Trinajstić information content (AvgIpc) is 2.64. The van der Waals surface area contributed by atoms with Crippen LogP contribution in [0, 0.1) is 0 Å². The lowest BCUT2D eigenvalue weighted by molar-refractivity contribution is -0.0848. The highest BCUT2D eigenvalue weighted by molar-refractivity contribution is 4.89. The molecule has 16 heavy (non-hydrogen) atoms. The standard InChI is InChI=1S/C14H29NO/c1-5-8-13(4)16-14(9-6-7-10-14)11-15-12(2)3/h12-13,15H,5-11H2,1-4H3. The van der Waals surface area contributed by atoms with Crippen LogP contribution in [-0.4, -0.2) is 24.3 Å². The van der Waals surface area contributed by atoms with Crippen LogP contribution in [-0.2, 0) is 4.74 Å². The zero-order valence-electron chi connectivity index (χ0n) is 11.5. The molecule has 1 fully saturated rings. The maximum atomic E-state index is 6.33. The molecule has 0 spiro atoms. The van der Waals surface area contributed by atoms with Gasteiger partial charge in [-0.15, -0.1) is 0 Å². The molecule has 0 aliphatic heterocycles. The summed E-state index contributed by atoms with van der Waals surface area (Å²) in [5.41, 5.74) is 0.138. The third-order valence-electron chi connectivity index (χ3n) is 3.49. The van der Waals surface area contributed by atoms with Gasteiger partial charge in [-0.1, -0.05) is 40.0 Å². The molecule has 2 heteroatoms. The number of hydrogen-bond acceptors (Lipinski definition) is 2. The van der Waals surface area contributed by atoms with E-state index in [0.717, 1.165) is 6.54 Å². The summed E-state index contributed by atoms with van der Waals surface area (Å²) in [5, 5.41) is 3.55. The second-order valence-corrected chi connectivity index (χ2v) is 5.64. The highest BCUT2D eigenvalue weighted by Crippen LogP contribution is 2.34. The molecule has 0 saturated heterocycles. The van der Waals surface area contributed by atoms with E-state index in [-0.39, 0.29) is 5.60 Å². The molecule has 0 bridgehead atoms. The molecule has 1 atom stereocenters. The Morgan fingerprint density at radius 1 is 1.19 bits per heavy atom. The second kappa shape index (κ2) is 6.61. The average molecular weight is 227 g/mol. The Hall–Kier alpha value is -0.0800. The molecule has 0 heterocycles. The molecule has 96 valence electrons. The molecule has 0 aromatic heterocycles. The highest BCUT2D eigenvalue weighted by Gasteiger charge is 2.35. The number of hydrogen-bond donors (Lipinski definition) is 1. The topological polar surface area (TPSA) is 21.3 Å². The van der Waals surface area contributed by atoms with Gasteiger partial charge in [-0.2, -0.15) is 0 Å². The fraction of sp³-hybridized carbons (Fsp3) is 1.00. The molecule has 1 rings (SSSR count). The molecular weight excluding hydrogens is 198 g/mol. The normalized spacial score (nSPS) is 21.6. The molecule has 1 N–H and O–H groups in total. The van der Waals surface area contributed by atoms with Crippen molar-refractivity contribution in [3.05, 3.63) is 0 Å². The van der Waals surface area contributed by atoms with Gasteiger partial charge < -0.3 is 10.1 Å². The quantitative estimate of drug-likeness (QED) is 0.718. The zero-order valence-corrected chi connectivity index (χ0v) is 11.5. The summed E-state index contributed by atoms with van der Waals surface area (Å²) in [7, 11) is 0. The van der Waals surface area contributed by atoms with Crippen molar-refractivity contribution in [2.45, 2.75) is 84.0 Å². The Labute approximate surface area is 101 Å². The fourth-order valence-corrected chi connectivity index (χ4v) is 2.64. The first-order chi connectivity index (χ1) is 7.58. The second-order valence-electron chi connectivity index (χ2n) is 5.64. The predicted molar refractivity (Wildman–Crippen MR) is 69.8 cm³/mol. The summed E-state index contributed by atoms with van der Waals surface area (Å²) in [6, 6.07) is 0.558. The SMILES string of the molecule is CCCC(C)OC1(CNC(C)C)CCCC1. The van der Waals surface area contributed by atoms with E-state index in [2.05, 4.69) is 33.0 Å². The van der Waals surface area contributed by atoms with Crippen LogP contribution in [0.2, 0.25) is 0 Å². The maximum absolute atomic E-state index is 6.33. The van der Waals surface area contributed by atoms with Crippen molar-refractivity contribution in [1.82, 2.24) is 5.32 Å². The largest absolute Gasteiger partial charge is 0.371 e. The van der Waals surface area contributed by atoms with Crippen molar-refractivity contribution >= 4 is 0 Å². The summed E-state index contributed by atoms with van der Waals surface area (Å²) in [6.45, 7) is 9.89. The predicted octanol–water partition coefficient (Wildman–Crippen LogP) is 3.50. The van der Waals surface area contributed by atoms with E-state index < -0.39 is 0 Å². The van der Waals surface area contributed by atoms with E-state index >= 15 is 0 Å². The fourth-order valence-electron chi connectivity index (χ4n) is 2.64. The van der Waals surface area contributed by atoms with Crippen molar-refractivity contribution < 1.29 is 4.74 Å². The molecule has 0 aromatic rings. The van der Waals surface area contributed by atoms with Crippen LogP contribution in [0.3, 0.4) is 0 Å². The van der Waals surface area contributed by atoms with Gasteiger partial charge in [-0.3, -0.25) is 0 Å². The summed E-state index contributed by atoms with van der Waals surface area (Å²) in [4.78, 5) is 0. The van der Waals surface area contributed by atoms with Gasteiger partial charge in [0.25, 0.3) is 0 Å². The van der Waals surface area contributed by atoms with E-state index in [0.29, 0.717) is 12.1 Å². The smallest absolute Gasteiger partial charge is 0.0810 e. The van der Waals surface area contributed by atoms with Gasteiger partial charge in [0.2, 0.25) is 0 Å². The number of ether oxygens (including phenoxy) is 1. The van der Waals surface area contributed by atoms with Gasteiger partial charge in [0.15, 0.2) is 0 Å². The minimum atomic E-state index is 0.138. The Kier molecular flexibility index (Phi) is 5.77. The van der Waals surface area contributed by atoms with Crippen LogP contribution < -0.4 is 5.32 Å². The Morgan fingerprint density at radius 2 is 1.81 bits per heavy atom. The Morgan fingerprint density at radius 3 is 2.31 bits per heavy atom. The molecule has 0 aromatic carbocycles. The van der Waals surface area contributed by atoms with E-state index in [1.54, 1.807) is 0 Å². The van der Waals surface area contributed by atoms with E-state index in [1.807, 2.05) is 0 Å². The van der Waals surface area contributed by atoms with Crippen LogP contribution in [0.15, 0.2) is 0 Å². The van der Waals surface area contributed by atoms with Crippen LogP contribution >= 0.6 is 0 Å². The van der Waals surface area contributed by atoms with Crippen molar-refractivity contribution in [3.8, 4) is 0 Å². The van der Waals surface area contributed by atoms with E-state index in [1.165, 1.54) is 38.5 Å². The minimum Gasteiger partial charge on any atom is -0.371 e. The molecule has 1 unspecified atom stereocenters. The van der Waals surface area contributed by atoms with Crippen molar-refractivity contribution in [1.29, 1.82) is 0 Å².